The Hall–Kier alpha value is -4.08. The fourth-order valence-electron chi connectivity index (χ4n) is 5.81. The zero-order chi connectivity index (χ0) is 31.4. The van der Waals surface area contributed by atoms with Gasteiger partial charge in [-0.3, -0.25) is 0 Å². The second-order valence-corrected chi connectivity index (χ2v) is 18.6. The van der Waals surface area contributed by atoms with Gasteiger partial charge in [-0.1, -0.05) is 62.1 Å². The first-order chi connectivity index (χ1) is 21.7. The van der Waals surface area contributed by atoms with Crippen molar-refractivity contribution in [3.8, 4) is 17.2 Å². The molecule has 236 valence electrons. The molecule has 1 fully saturated rings. The normalized spacial score (nSPS) is 17.8. The summed E-state index contributed by atoms with van der Waals surface area (Å²) in [5, 5.41) is 2.06. The Morgan fingerprint density at radius 3 is 2.56 bits per heavy atom. The smallest absolute Gasteiger partial charge is 0.409 e. The van der Waals surface area contributed by atoms with Gasteiger partial charge in [-0.15, -0.1) is 0 Å². The summed E-state index contributed by atoms with van der Waals surface area (Å²) in [4.78, 5) is 14.8. The minimum atomic E-state index is -1.32. The van der Waals surface area contributed by atoms with E-state index in [0.29, 0.717) is 39.3 Å². The average molecular weight is 630 g/mol. The van der Waals surface area contributed by atoms with Gasteiger partial charge in [-0.05, 0) is 70.9 Å². The van der Waals surface area contributed by atoms with Gasteiger partial charge in [0.2, 0.25) is 6.79 Å². The SMILES string of the molecule is C[Si](C)(C)CCOC(=O)N1CCC(c2ccc(F)cc2)C(OCc2cc(OCc3ccc4c(c3)OCO4)c3ccccc3c2)C1. The number of rotatable bonds is 10. The fourth-order valence-corrected chi connectivity index (χ4v) is 6.53. The molecule has 0 aliphatic carbocycles. The molecular formula is C36H40FNO6Si. The van der Waals surface area contributed by atoms with Crippen molar-refractivity contribution in [1.82, 2.24) is 4.90 Å². The third-order valence-corrected chi connectivity index (χ3v) is 10.1. The van der Waals surface area contributed by atoms with E-state index in [2.05, 4.69) is 31.8 Å². The Morgan fingerprint density at radius 1 is 0.933 bits per heavy atom. The molecule has 0 spiro atoms. The summed E-state index contributed by atoms with van der Waals surface area (Å²) >= 11 is 0. The van der Waals surface area contributed by atoms with Crippen LogP contribution in [0.5, 0.6) is 17.2 Å². The number of ether oxygens (including phenoxy) is 5. The molecule has 0 bridgehead atoms. The quantitative estimate of drug-likeness (QED) is 0.165. The first-order valence-electron chi connectivity index (χ1n) is 15.5. The molecule has 0 radical (unpaired) electrons. The van der Waals surface area contributed by atoms with Crippen molar-refractivity contribution in [2.24, 2.45) is 0 Å². The van der Waals surface area contributed by atoms with Crippen molar-refractivity contribution in [3.05, 3.63) is 101 Å². The van der Waals surface area contributed by atoms with E-state index in [1.54, 1.807) is 4.90 Å². The maximum Gasteiger partial charge on any atom is 0.409 e. The van der Waals surface area contributed by atoms with Gasteiger partial charge < -0.3 is 28.6 Å². The Bertz CT molecular complexity index is 1640. The monoisotopic (exact) mass is 629 g/mol. The van der Waals surface area contributed by atoms with Crippen LogP contribution in [-0.2, 0) is 22.7 Å². The van der Waals surface area contributed by atoms with E-state index < -0.39 is 8.07 Å². The molecule has 0 aromatic heterocycles. The number of piperidine rings is 1. The molecule has 2 unspecified atom stereocenters. The number of amides is 1. The van der Waals surface area contributed by atoms with Crippen LogP contribution in [0.15, 0.2) is 78.9 Å². The van der Waals surface area contributed by atoms with E-state index >= 15 is 0 Å². The number of carbonyl (C=O) groups excluding carboxylic acids is 1. The zero-order valence-corrected chi connectivity index (χ0v) is 27.1. The van der Waals surface area contributed by atoms with Gasteiger partial charge in [-0.2, -0.15) is 0 Å². The Morgan fingerprint density at radius 2 is 1.73 bits per heavy atom. The molecule has 2 aliphatic heterocycles. The summed E-state index contributed by atoms with van der Waals surface area (Å²) in [6, 6.07) is 25.6. The summed E-state index contributed by atoms with van der Waals surface area (Å²) in [6.07, 6.45) is 0.101. The van der Waals surface area contributed by atoms with Crippen LogP contribution in [0.25, 0.3) is 10.8 Å². The molecule has 45 heavy (non-hydrogen) atoms. The van der Waals surface area contributed by atoms with E-state index in [9.17, 15) is 9.18 Å². The number of benzene rings is 4. The second kappa shape index (κ2) is 13.5. The van der Waals surface area contributed by atoms with E-state index in [1.165, 1.54) is 12.1 Å². The van der Waals surface area contributed by atoms with Crippen LogP contribution in [0.2, 0.25) is 25.7 Å². The summed E-state index contributed by atoms with van der Waals surface area (Å²) in [7, 11) is -1.32. The summed E-state index contributed by atoms with van der Waals surface area (Å²) < 4.78 is 43.3. The Labute approximate surface area is 264 Å². The van der Waals surface area contributed by atoms with Crippen LogP contribution in [0.4, 0.5) is 9.18 Å². The first kappa shape index (κ1) is 30.9. The molecule has 2 atom stereocenters. The molecule has 4 aromatic rings. The Balaban J connectivity index is 1.18. The molecule has 1 amide bonds. The molecule has 9 heteroatoms. The maximum absolute atomic E-state index is 13.8. The topological polar surface area (TPSA) is 66.5 Å². The molecular weight excluding hydrogens is 589 g/mol. The highest BCUT2D eigenvalue weighted by molar-refractivity contribution is 6.76. The number of carbonyl (C=O) groups is 1. The maximum atomic E-state index is 13.8. The molecule has 0 N–H and O–H groups in total. The largest absolute Gasteiger partial charge is 0.488 e. The van der Waals surface area contributed by atoms with Gasteiger partial charge in [0, 0.05) is 25.9 Å². The van der Waals surface area contributed by atoms with Crippen LogP contribution in [0.1, 0.15) is 29.0 Å². The van der Waals surface area contributed by atoms with Gasteiger partial charge in [0.25, 0.3) is 0 Å². The third kappa shape index (κ3) is 7.77. The summed E-state index contributed by atoms with van der Waals surface area (Å²) in [5.74, 6) is 1.96. The molecule has 0 saturated carbocycles. The molecule has 7 nitrogen and oxygen atoms in total. The van der Waals surface area contributed by atoms with Gasteiger partial charge in [0.05, 0.1) is 25.9 Å². The molecule has 2 heterocycles. The number of halogens is 1. The lowest BCUT2D eigenvalue weighted by molar-refractivity contribution is -0.0234. The lowest BCUT2D eigenvalue weighted by Gasteiger charge is -2.38. The molecule has 1 saturated heterocycles. The number of hydrogen-bond acceptors (Lipinski definition) is 6. The molecule has 4 aromatic carbocycles. The summed E-state index contributed by atoms with van der Waals surface area (Å²) in [5.41, 5.74) is 2.94. The van der Waals surface area contributed by atoms with Crippen LogP contribution in [0, 0.1) is 5.82 Å². The second-order valence-electron chi connectivity index (χ2n) is 13.0. The average Bonchev–Trinajstić information content (AvgIpc) is 3.50. The van der Waals surface area contributed by atoms with Gasteiger partial charge >= 0.3 is 6.09 Å². The van der Waals surface area contributed by atoms with Crippen molar-refractivity contribution in [2.75, 3.05) is 26.5 Å². The van der Waals surface area contributed by atoms with E-state index in [-0.39, 0.29) is 30.7 Å². The standard InChI is InChI=1S/C36H40FNO6Si/c1-45(2,3)17-16-40-36(39)38-15-14-31(27-9-11-29(37)12-10-27)35(21-38)42-23-26-18-28-6-4-5-7-30(28)33(20-26)41-22-25-8-13-32-34(19-25)44-24-43-32/h4-13,18-20,31,35H,14-17,21-24H2,1-3H3. The molecule has 2 aliphatic rings. The highest BCUT2D eigenvalue weighted by atomic mass is 28.3. The lowest BCUT2D eigenvalue weighted by atomic mass is 9.87. The zero-order valence-electron chi connectivity index (χ0n) is 26.1. The lowest BCUT2D eigenvalue weighted by Crippen LogP contribution is -2.47. The highest BCUT2D eigenvalue weighted by Gasteiger charge is 2.34. The van der Waals surface area contributed by atoms with Crippen molar-refractivity contribution in [1.29, 1.82) is 0 Å². The van der Waals surface area contributed by atoms with Crippen molar-refractivity contribution < 1.29 is 32.9 Å². The number of fused-ring (bicyclic) bond motifs is 2. The Kier molecular flexibility index (Phi) is 9.28. The number of likely N-dealkylation sites (tertiary alicyclic amines) is 1. The summed E-state index contributed by atoms with van der Waals surface area (Å²) in [6.45, 7) is 9.10. The van der Waals surface area contributed by atoms with Gasteiger partial charge in [-0.25, -0.2) is 9.18 Å². The predicted molar refractivity (Wildman–Crippen MR) is 174 cm³/mol. The third-order valence-electron chi connectivity index (χ3n) is 8.37. The van der Waals surface area contributed by atoms with Crippen LogP contribution in [-0.4, -0.2) is 51.7 Å². The van der Waals surface area contributed by atoms with Crippen molar-refractivity contribution >= 4 is 24.9 Å². The minimum absolute atomic E-state index is 0.0128. The number of nitrogens with zero attached hydrogens (tertiary/aromatic N) is 1. The highest BCUT2D eigenvalue weighted by Crippen LogP contribution is 2.35. The van der Waals surface area contributed by atoms with E-state index in [1.807, 2.05) is 54.6 Å². The van der Waals surface area contributed by atoms with Gasteiger partial charge in [0.15, 0.2) is 11.5 Å². The fraction of sp³-hybridized carbons (Fsp3) is 0.361. The van der Waals surface area contributed by atoms with Gasteiger partial charge in [0.1, 0.15) is 18.2 Å². The van der Waals surface area contributed by atoms with E-state index in [0.717, 1.165) is 50.8 Å². The van der Waals surface area contributed by atoms with Crippen molar-refractivity contribution in [3.63, 3.8) is 0 Å². The molecule has 6 rings (SSSR count). The van der Waals surface area contributed by atoms with E-state index in [4.69, 9.17) is 23.7 Å². The van der Waals surface area contributed by atoms with Crippen LogP contribution < -0.4 is 14.2 Å². The van der Waals surface area contributed by atoms with Crippen molar-refractivity contribution in [2.45, 2.75) is 57.3 Å². The number of hydrogen-bond donors (Lipinski definition) is 0. The predicted octanol–water partition coefficient (Wildman–Crippen LogP) is 8.14. The minimum Gasteiger partial charge on any atom is -0.488 e. The first-order valence-corrected chi connectivity index (χ1v) is 19.2. The van der Waals surface area contributed by atoms with Crippen LogP contribution in [0.3, 0.4) is 0 Å². The van der Waals surface area contributed by atoms with Crippen LogP contribution >= 0.6 is 0 Å².